The first-order valence-electron chi connectivity index (χ1n) is 7.71. The number of nitrogens with one attached hydrogen (secondary N) is 1. The first-order valence-corrected chi connectivity index (χ1v) is 7.71. The molecule has 2 fully saturated rings. The van der Waals surface area contributed by atoms with Gasteiger partial charge < -0.3 is 5.32 Å². The number of hydrogen-bond donors (Lipinski definition) is 1. The Bertz CT molecular complexity index is 484. The third-order valence-corrected chi connectivity index (χ3v) is 4.63. The van der Waals surface area contributed by atoms with Gasteiger partial charge in [0.05, 0.1) is 11.6 Å². The normalized spacial score (nSPS) is 27.2. The van der Waals surface area contributed by atoms with Crippen LogP contribution in [0.4, 0.5) is 0 Å². The quantitative estimate of drug-likeness (QED) is 0.913. The molecular formula is C17H23N3. The highest BCUT2D eigenvalue weighted by Gasteiger charge is 2.31. The van der Waals surface area contributed by atoms with Gasteiger partial charge in [-0.25, -0.2) is 0 Å². The fourth-order valence-electron chi connectivity index (χ4n) is 3.36. The average Bonchev–Trinajstić information content (AvgIpc) is 3.30. The highest BCUT2D eigenvalue weighted by Crippen LogP contribution is 2.35. The standard InChI is InChI=1S/C17H23N3/c1-20-10-2-3-15(12-19-16-8-9-16)17(20)14-6-4-13(11-18)5-7-14/h4-7,15-17,19H,2-3,8-10,12H2,1H3. The van der Waals surface area contributed by atoms with Crippen molar-refractivity contribution in [3.05, 3.63) is 35.4 Å². The lowest BCUT2D eigenvalue weighted by molar-refractivity contribution is 0.119. The van der Waals surface area contributed by atoms with Crippen molar-refractivity contribution in [2.45, 2.75) is 37.8 Å². The van der Waals surface area contributed by atoms with Crippen molar-refractivity contribution in [1.29, 1.82) is 5.26 Å². The van der Waals surface area contributed by atoms with Gasteiger partial charge in [0, 0.05) is 18.6 Å². The van der Waals surface area contributed by atoms with Gasteiger partial charge >= 0.3 is 0 Å². The monoisotopic (exact) mass is 269 g/mol. The minimum atomic E-state index is 0.489. The second-order valence-corrected chi connectivity index (χ2v) is 6.24. The summed E-state index contributed by atoms with van der Waals surface area (Å²) in [6.45, 7) is 2.30. The molecule has 1 aromatic carbocycles. The molecule has 1 N–H and O–H groups in total. The number of hydrogen-bond acceptors (Lipinski definition) is 3. The molecule has 0 aromatic heterocycles. The fourth-order valence-corrected chi connectivity index (χ4v) is 3.36. The molecule has 0 amide bonds. The van der Waals surface area contributed by atoms with Gasteiger partial charge in [0.1, 0.15) is 0 Å². The number of benzene rings is 1. The van der Waals surface area contributed by atoms with Crippen LogP contribution < -0.4 is 5.32 Å². The second kappa shape index (κ2) is 5.95. The molecule has 2 unspecified atom stereocenters. The van der Waals surface area contributed by atoms with E-state index in [9.17, 15) is 0 Å². The number of nitriles is 1. The maximum absolute atomic E-state index is 8.92. The van der Waals surface area contributed by atoms with E-state index in [1.807, 2.05) is 12.1 Å². The first-order chi connectivity index (χ1) is 9.78. The predicted molar refractivity (Wildman–Crippen MR) is 80.3 cm³/mol. The molecule has 0 bridgehead atoms. The maximum Gasteiger partial charge on any atom is 0.0991 e. The van der Waals surface area contributed by atoms with Gasteiger partial charge in [-0.2, -0.15) is 5.26 Å². The summed E-state index contributed by atoms with van der Waals surface area (Å²) in [7, 11) is 2.23. The maximum atomic E-state index is 8.92. The lowest BCUT2D eigenvalue weighted by Crippen LogP contribution is -2.40. The lowest BCUT2D eigenvalue weighted by Gasteiger charge is -2.40. The summed E-state index contributed by atoms with van der Waals surface area (Å²) in [5.74, 6) is 0.683. The van der Waals surface area contributed by atoms with Crippen molar-refractivity contribution in [2.24, 2.45) is 5.92 Å². The van der Waals surface area contributed by atoms with E-state index in [4.69, 9.17) is 5.26 Å². The van der Waals surface area contributed by atoms with Crippen molar-refractivity contribution in [3.63, 3.8) is 0 Å². The minimum absolute atomic E-state index is 0.489. The molecule has 0 radical (unpaired) electrons. The van der Waals surface area contributed by atoms with E-state index in [1.165, 1.54) is 37.8 Å². The number of likely N-dealkylation sites (tertiary alicyclic amines) is 1. The third-order valence-electron chi connectivity index (χ3n) is 4.63. The van der Waals surface area contributed by atoms with Crippen molar-refractivity contribution in [1.82, 2.24) is 10.2 Å². The minimum Gasteiger partial charge on any atom is -0.314 e. The first kappa shape index (κ1) is 13.6. The van der Waals surface area contributed by atoms with E-state index in [0.717, 1.165) is 18.2 Å². The van der Waals surface area contributed by atoms with Gasteiger partial charge in [0.2, 0.25) is 0 Å². The molecular weight excluding hydrogens is 246 g/mol. The van der Waals surface area contributed by atoms with Gasteiger partial charge in [0.15, 0.2) is 0 Å². The summed E-state index contributed by atoms with van der Waals surface area (Å²) < 4.78 is 0. The van der Waals surface area contributed by atoms with Crippen LogP contribution in [0.1, 0.15) is 42.9 Å². The summed E-state index contributed by atoms with van der Waals surface area (Å²) in [6.07, 6.45) is 5.29. The van der Waals surface area contributed by atoms with E-state index in [1.54, 1.807) is 0 Å². The molecule has 1 saturated carbocycles. The van der Waals surface area contributed by atoms with E-state index in [2.05, 4.69) is 35.5 Å². The molecule has 1 saturated heterocycles. The average molecular weight is 269 g/mol. The smallest absolute Gasteiger partial charge is 0.0991 e. The Balaban J connectivity index is 1.74. The molecule has 3 nitrogen and oxygen atoms in total. The van der Waals surface area contributed by atoms with E-state index >= 15 is 0 Å². The predicted octanol–water partition coefficient (Wildman–Crippen LogP) is 2.69. The molecule has 0 spiro atoms. The van der Waals surface area contributed by atoms with Crippen LogP contribution in [-0.4, -0.2) is 31.1 Å². The Kier molecular flexibility index (Phi) is 4.05. The van der Waals surface area contributed by atoms with Crippen LogP contribution in [0.2, 0.25) is 0 Å². The van der Waals surface area contributed by atoms with Crippen LogP contribution >= 0.6 is 0 Å². The third kappa shape index (κ3) is 3.03. The van der Waals surface area contributed by atoms with E-state index < -0.39 is 0 Å². The summed E-state index contributed by atoms with van der Waals surface area (Å²) in [5.41, 5.74) is 2.11. The van der Waals surface area contributed by atoms with Crippen LogP contribution in [0.25, 0.3) is 0 Å². The van der Waals surface area contributed by atoms with Crippen LogP contribution in [-0.2, 0) is 0 Å². The van der Waals surface area contributed by atoms with Crippen molar-refractivity contribution in [3.8, 4) is 6.07 Å². The van der Waals surface area contributed by atoms with Gasteiger partial charge in [-0.15, -0.1) is 0 Å². The highest BCUT2D eigenvalue weighted by atomic mass is 15.1. The summed E-state index contributed by atoms with van der Waals surface area (Å²) >= 11 is 0. The number of piperidine rings is 1. The van der Waals surface area contributed by atoms with Gasteiger partial charge in [-0.1, -0.05) is 12.1 Å². The van der Waals surface area contributed by atoms with Gasteiger partial charge in [-0.05, 0) is 62.9 Å². The summed E-state index contributed by atoms with van der Waals surface area (Å²) in [6, 6.07) is 11.6. The van der Waals surface area contributed by atoms with Gasteiger partial charge in [-0.3, -0.25) is 4.90 Å². The largest absolute Gasteiger partial charge is 0.314 e. The second-order valence-electron chi connectivity index (χ2n) is 6.24. The molecule has 3 rings (SSSR count). The Morgan fingerprint density at radius 2 is 2.00 bits per heavy atom. The van der Waals surface area contributed by atoms with Crippen LogP contribution in [0.3, 0.4) is 0 Å². The molecule has 1 aliphatic heterocycles. The molecule has 1 aliphatic carbocycles. The number of nitrogens with zero attached hydrogens (tertiary/aromatic N) is 2. The Morgan fingerprint density at radius 1 is 1.25 bits per heavy atom. The van der Waals surface area contributed by atoms with Crippen LogP contribution in [0.15, 0.2) is 24.3 Å². The SMILES string of the molecule is CN1CCCC(CNC2CC2)C1c1ccc(C#N)cc1. The molecule has 2 atom stereocenters. The molecule has 106 valence electrons. The van der Waals surface area contributed by atoms with Crippen molar-refractivity contribution in [2.75, 3.05) is 20.1 Å². The van der Waals surface area contributed by atoms with E-state index in [-0.39, 0.29) is 0 Å². The zero-order valence-corrected chi connectivity index (χ0v) is 12.2. The Hall–Kier alpha value is -1.37. The zero-order chi connectivity index (χ0) is 13.9. The highest BCUT2D eigenvalue weighted by molar-refractivity contribution is 5.33. The van der Waals surface area contributed by atoms with Gasteiger partial charge in [0.25, 0.3) is 0 Å². The Morgan fingerprint density at radius 3 is 2.65 bits per heavy atom. The van der Waals surface area contributed by atoms with E-state index in [0.29, 0.717) is 12.0 Å². The zero-order valence-electron chi connectivity index (χ0n) is 12.2. The van der Waals surface area contributed by atoms with Crippen LogP contribution in [0, 0.1) is 17.2 Å². The molecule has 20 heavy (non-hydrogen) atoms. The van der Waals surface area contributed by atoms with Crippen molar-refractivity contribution >= 4 is 0 Å². The topological polar surface area (TPSA) is 39.1 Å². The summed E-state index contributed by atoms with van der Waals surface area (Å²) in [5, 5.41) is 12.6. The van der Waals surface area contributed by atoms with Crippen LogP contribution in [0.5, 0.6) is 0 Å². The molecule has 1 aromatic rings. The molecule has 3 heteroatoms. The lowest BCUT2D eigenvalue weighted by atomic mass is 9.84. The molecule has 2 aliphatic rings. The fraction of sp³-hybridized carbons (Fsp3) is 0.588. The summed E-state index contributed by atoms with van der Waals surface area (Å²) in [4.78, 5) is 2.48. The Labute approximate surface area is 121 Å². The molecule has 1 heterocycles. The van der Waals surface area contributed by atoms with Crippen molar-refractivity contribution < 1.29 is 0 Å². The number of rotatable bonds is 4.